The number of likely N-dealkylation sites (tertiary alicyclic amines) is 1. The number of imidazole rings is 1. The first-order chi connectivity index (χ1) is 11.7. The van der Waals surface area contributed by atoms with Crippen LogP contribution in [0.3, 0.4) is 0 Å². The molecule has 1 saturated heterocycles. The first-order valence-corrected chi connectivity index (χ1v) is 8.41. The quantitative estimate of drug-likeness (QED) is 0.805. The van der Waals surface area contributed by atoms with Gasteiger partial charge in [-0.2, -0.15) is 5.10 Å². The number of rotatable bonds is 3. The third kappa shape index (κ3) is 2.68. The van der Waals surface area contributed by atoms with Crippen molar-refractivity contribution in [2.24, 2.45) is 0 Å². The van der Waals surface area contributed by atoms with Crippen LogP contribution in [0, 0.1) is 6.92 Å². The Morgan fingerprint density at radius 2 is 2.25 bits per heavy atom. The van der Waals surface area contributed by atoms with Crippen LogP contribution in [0.5, 0.6) is 0 Å². The number of amides is 1. The third-order valence-corrected chi connectivity index (χ3v) is 4.87. The number of carbonyl (C=O) groups is 1. The van der Waals surface area contributed by atoms with Crippen LogP contribution >= 0.6 is 0 Å². The van der Waals surface area contributed by atoms with Crippen LogP contribution in [0.4, 0.5) is 0 Å². The predicted octanol–water partition coefficient (Wildman–Crippen LogP) is 2.47. The Balaban J connectivity index is 1.49. The minimum absolute atomic E-state index is 0.159. The van der Waals surface area contributed by atoms with E-state index in [1.54, 1.807) is 0 Å². The highest BCUT2D eigenvalue weighted by Crippen LogP contribution is 2.24. The average Bonchev–Trinajstić information content (AvgIpc) is 3.22. The van der Waals surface area contributed by atoms with Gasteiger partial charge in [0.1, 0.15) is 5.82 Å². The molecule has 1 unspecified atom stereocenters. The number of nitrogens with zero attached hydrogens (tertiary/aromatic N) is 4. The maximum Gasteiger partial charge on any atom is 0.228 e. The summed E-state index contributed by atoms with van der Waals surface area (Å²) in [4.78, 5) is 19.0. The molecule has 6 heteroatoms. The van der Waals surface area contributed by atoms with E-state index in [2.05, 4.69) is 19.7 Å². The number of nitrogens with one attached hydrogen (secondary N) is 1. The largest absolute Gasteiger partial charge is 0.340 e. The van der Waals surface area contributed by atoms with Gasteiger partial charge in [-0.1, -0.05) is 18.2 Å². The van der Waals surface area contributed by atoms with Gasteiger partial charge in [0.25, 0.3) is 0 Å². The van der Waals surface area contributed by atoms with Crippen molar-refractivity contribution in [3.63, 3.8) is 0 Å². The highest BCUT2D eigenvalue weighted by atomic mass is 16.2. The summed E-state index contributed by atoms with van der Waals surface area (Å²) in [5, 5.41) is 8.33. The third-order valence-electron chi connectivity index (χ3n) is 4.87. The zero-order valence-electron chi connectivity index (χ0n) is 13.8. The molecule has 1 aromatic carbocycles. The summed E-state index contributed by atoms with van der Waals surface area (Å²) in [6.07, 6.45) is 6.32. The number of para-hydroxylation sites is 1. The number of carbonyl (C=O) groups excluding carboxylic acids is 1. The van der Waals surface area contributed by atoms with Gasteiger partial charge in [0.2, 0.25) is 5.91 Å². The van der Waals surface area contributed by atoms with Crippen LogP contribution in [0.1, 0.15) is 30.4 Å². The summed E-state index contributed by atoms with van der Waals surface area (Å²) in [5.41, 5.74) is 1.81. The Hall–Kier alpha value is -2.63. The Kier molecular flexibility index (Phi) is 3.80. The summed E-state index contributed by atoms with van der Waals surface area (Å²) in [7, 11) is 0. The lowest BCUT2D eigenvalue weighted by Gasteiger charge is -2.34. The summed E-state index contributed by atoms with van der Waals surface area (Å²) in [6, 6.07) is 8.22. The van der Waals surface area contributed by atoms with Crippen LogP contribution in [-0.2, 0) is 11.2 Å². The molecular formula is C18H21N5O. The standard InChI is InChI=1S/C18H21N5O/c1-13-19-8-10-23(13)14-5-4-9-22(12-14)18(24)11-17-15-6-2-3-7-16(15)20-21-17/h2-3,6-8,10,14H,4-5,9,11-12H2,1H3,(H,20,21). The fourth-order valence-electron chi connectivity index (χ4n) is 3.59. The van der Waals surface area contributed by atoms with E-state index < -0.39 is 0 Å². The number of fused-ring (bicyclic) bond motifs is 1. The molecular weight excluding hydrogens is 302 g/mol. The van der Waals surface area contributed by atoms with Crippen molar-refractivity contribution in [2.75, 3.05) is 13.1 Å². The molecule has 0 spiro atoms. The molecule has 0 aliphatic carbocycles. The molecule has 4 rings (SSSR count). The van der Waals surface area contributed by atoms with E-state index in [4.69, 9.17) is 0 Å². The van der Waals surface area contributed by atoms with Gasteiger partial charge in [-0.25, -0.2) is 4.98 Å². The highest BCUT2D eigenvalue weighted by Gasteiger charge is 2.26. The topological polar surface area (TPSA) is 66.8 Å². The molecule has 124 valence electrons. The molecule has 1 aliphatic rings. The number of benzene rings is 1. The second-order valence-electron chi connectivity index (χ2n) is 6.41. The van der Waals surface area contributed by atoms with E-state index in [1.807, 2.05) is 48.5 Å². The van der Waals surface area contributed by atoms with E-state index in [0.29, 0.717) is 12.5 Å². The number of hydrogen-bond acceptors (Lipinski definition) is 3. The predicted molar refractivity (Wildman–Crippen MR) is 91.6 cm³/mol. The van der Waals surface area contributed by atoms with E-state index in [-0.39, 0.29) is 5.91 Å². The fourth-order valence-corrected chi connectivity index (χ4v) is 3.59. The van der Waals surface area contributed by atoms with E-state index in [9.17, 15) is 4.79 Å². The molecule has 2 aromatic heterocycles. The second-order valence-corrected chi connectivity index (χ2v) is 6.41. The Morgan fingerprint density at radius 3 is 3.08 bits per heavy atom. The molecule has 24 heavy (non-hydrogen) atoms. The molecule has 0 bridgehead atoms. The van der Waals surface area contributed by atoms with Crippen molar-refractivity contribution < 1.29 is 4.79 Å². The fraction of sp³-hybridized carbons (Fsp3) is 0.389. The minimum Gasteiger partial charge on any atom is -0.340 e. The lowest BCUT2D eigenvalue weighted by molar-refractivity contribution is -0.132. The molecule has 0 saturated carbocycles. The Morgan fingerprint density at radius 1 is 1.38 bits per heavy atom. The maximum absolute atomic E-state index is 12.8. The normalized spacial score (nSPS) is 18.2. The highest BCUT2D eigenvalue weighted by molar-refractivity contribution is 5.87. The molecule has 1 aliphatic heterocycles. The van der Waals surface area contributed by atoms with Crippen LogP contribution in [0.15, 0.2) is 36.7 Å². The molecule has 1 N–H and O–H groups in total. The molecule has 6 nitrogen and oxygen atoms in total. The lowest BCUT2D eigenvalue weighted by atomic mass is 10.0. The Labute approximate surface area is 140 Å². The lowest BCUT2D eigenvalue weighted by Crippen LogP contribution is -2.41. The van der Waals surface area contributed by atoms with Crippen molar-refractivity contribution >= 4 is 16.8 Å². The van der Waals surface area contributed by atoms with Crippen molar-refractivity contribution in [1.82, 2.24) is 24.6 Å². The van der Waals surface area contributed by atoms with Gasteiger partial charge < -0.3 is 9.47 Å². The van der Waals surface area contributed by atoms with Crippen LogP contribution < -0.4 is 0 Å². The van der Waals surface area contributed by atoms with E-state index >= 15 is 0 Å². The number of piperidine rings is 1. The minimum atomic E-state index is 0.159. The summed E-state index contributed by atoms with van der Waals surface area (Å²) in [5.74, 6) is 1.17. The van der Waals surface area contributed by atoms with Gasteiger partial charge in [-0.15, -0.1) is 0 Å². The molecule has 0 radical (unpaired) electrons. The summed E-state index contributed by atoms with van der Waals surface area (Å²) < 4.78 is 2.19. The van der Waals surface area contributed by atoms with Gasteiger partial charge in [-0.3, -0.25) is 9.89 Å². The van der Waals surface area contributed by atoms with Gasteiger partial charge in [0.15, 0.2) is 0 Å². The average molecular weight is 323 g/mol. The van der Waals surface area contributed by atoms with Gasteiger partial charge in [-0.05, 0) is 25.8 Å². The number of aromatic nitrogens is 4. The first-order valence-electron chi connectivity index (χ1n) is 8.41. The summed E-state index contributed by atoms with van der Waals surface area (Å²) >= 11 is 0. The zero-order chi connectivity index (χ0) is 16.5. The first kappa shape index (κ1) is 14.9. The van der Waals surface area contributed by atoms with Gasteiger partial charge in [0.05, 0.1) is 23.7 Å². The molecule has 1 fully saturated rings. The van der Waals surface area contributed by atoms with Gasteiger partial charge >= 0.3 is 0 Å². The SMILES string of the molecule is Cc1nccn1C1CCCN(C(=O)Cc2[nH]nc3ccccc23)C1. The zero-order valence-corrected chi connectivity index (χ0v) is 13.8. The van der Waals surface area contributed by atoms with Gasteiger partial charge in [0, 0.05) is 30.9 Å². The number of hydrogen-bond donors (Lipinski definition) is 1. The van der Waals surface area contributed by atoms with E-state index in [1.165, 1.54) is 0 Å². The molecule has 1 atom stereocenters. The van der Waals surface area contributed by atoms with Crippen LogP contribution in [-0.4, -0.2) is 43.6 Å². The van der Waals surface area contributed by atoms with Crippen molar-refractivity contribution in [1.29, 1.82) is 0 Å². The molecule has 3 aromatic rings. The smallest absolute Gasteiger partial charge is 0.228 e. The molecule has 3 heterocycles. The summed E-state index contributed by atoms with van der Waals surface area (Å²) in [6.45, 7) is 3.59. The van der Waals surface area contributed by atoms with Crippen LogP contribution in [0.2, 0.25) is 0 Å². The molecule has 1 amide bonds. The number of H-pyrrole nitrogens is 1. The van der Waals surface area contributed by atoms with E-state index in [0.717, 1.165) is 48.4 Å². The number of aryl methyl sites for hydroxylation is 1. The monoisotopic (exact) mass is 323 g/mol. The van der Waals surface area contributed by atoms with Crippen molar-refractivity contribution in [2.45, 2.75) is 32.2 Å². The van der Waals surface area contributed by atoms with Crippen molar-refractivity contribution in [3.8, 4) is 0 Å². The second kappa shape index (κ2) is 6.11. The van der Waals surface area contributed by atoms with Crippen molar-refractivity contribution in [3.05, 3.63) is 48.2 Å². The maximum atomic E-state index is 12.8. The Bertz CT molecular complexity index is 865. The number of aromatic amines is 1. The van der Waals surface area contributed by atoms with Crippen LogP contribution in [0.25, 0.3) is 10.9 Å².